The molecule has 51 heavy (non-hydrogen) atoms. The summed E-state index contributed by atoms with van der Waals surface area (Å²) in [6, 6.07) is 66.4. The molecule has 236 valence electrons. The van der Waals surface area contributed by atoms with Crippen LogP contribution >= 0.6 is 0 Å². The molecule has 0 atom stereocenters. The second-order valence-corrected chi connectivity index (χ2v) is 13.6. The van der Waals surface area contributed by atoms with Gasteiger partial charge in [-0.05, 0) is 100 Å². The van der Waals surface area contributed by atoms with Crippen LogP contribution in [0.15, 0.2) is 186 Å². The monoisotopic (exact) mass is 646 g/mol. The molecule has 1 nitrogen and oxygen atoms in total. The summed E-state index contributed by atoms with van der Waals surface area (Å²) in [6.07, 6.45) is 0. The lowest BCUT2D eigenvalue weighted by Gasteiger charge is -2.20. The molecular weight excluding hydrogens is 617 g/mol. The van der Waals surface area contributed by atoms with Gasteiger partial charge in [0.05, 0.1) is 0 Å². The molecule has 11 rings (SSSR count). The first-order valence-corrected chi connectivity index (χ1v) is 17.6. The maximum absolute atomic E-state index is 6.47. The highest BCUT2D eigenvalue weighted by molar-refractivity contribution is 6.26. The van der Waals surface area contributed by atoms with Gasteiger partial charge in [-0.1, -0.05) is 164 Å². The summed E-state index contributed by atoms with van der Waals surface area (Å²) in [6.45, 7) is 0. The van der Waals surface area contributed by atoms with E-state index in [0.717, 1.165) is 27.3 Å². The summed E-state index contributed by atoms with van der Waals surface area (Å²) >= 11 is 0. The Morgan fingerprint density at radius 2 is 0.745 bits per heavy atom. The molecule has 0 saturated carbocycles. The van der Waals surface area contributed by atoms with Gasteiger partial charge in [0.15, 0.2) is 0 Å². The highest BCUT2D eigenvalue weighted by Crippen LogP contribution is 2.47. The fraction of sp³-hybridized carbons (Fsp3) is 0. The minimum atomic E-state index is 0.912. The van der Waals surface area contributed by atoms with Crippen LogP contribution in [0.2, 0.25) is 0 Å². The van der Waals surface area contributed by atoms with Gasteiger partial charge in [0.2, 0.25) is 0 Å². The van der Waals surface area contributed by atoms with Crippen molar-refractivity contribution >= 4 is 75.8 Å². The zero-order valence-corrected chi connectivity index (χ0v) is 27.7. The largest absolute Gasteiger partial charge is 0.455 e. The van der Waals surface area contributed by atoms with Crippen LogP contribution < -0.4 is 0 Å². The first kappa shape index (κ1) is 28.2. The molecule has 0 spiro atoms. The average Bonchev–Trinajstić information content (AvgIpc) is 3.58. The average molecular weight is 647 g/mol. The maximum atomic E-state index is 6.47. The Balaban J connectivity index is 1.17. The van der Waals surface area contributed by atoms with Gasteiger partial charge in [-0.2, -0.15) is 0 Å². The van der Waals surface area contributed by atoms with Crippen molar-refractivity contribution in [1.82, 2.24) is 0 Å². The predicted molar refractivity (Wildman–Crippen MR) is 218 cm³/mol. The van der Waals surface area contributed by atoms with Crippen molar-refractivity contribution < 1.29 is 4.42 Å². The number of rotatable bonds is 3. The molecule has 1 heteroatoms. The quantitative estimate of drug-likeness (QED) is 0.174. The Hall–Kier alpha value is -6.70. The van der Waals surface area contributed by atoms with E-state index < -0.39 is 0 Å². The summed E-state index contributed by atoms with van der Waals surface area (Å²) in [5.41, 5.74) is 9.33. The summed E-state index contributed by atoms with van der Waals surface area (Å²) < 4.78 is 6.47. The number of hydrogen-bond acceptors (Lipinski definition) is 1. The molecule has 0 amide bonds. The summed E-state index contributed by atoms with van der Waals surface area (Å²) in [7, 11) is 0. The van der Waals surface area contributed by atoms with Crippen LogP contribution in [-0.4, -0.2) is 0 Å². The Labute approximate surface area is 294 Å². The van der Waals surface area contributed by atoms with E-state index in [1.54, 1.807) is 0 Å². The van der Waals surface area contributed by atoms with Crippen molar-refractivity contribution in [2.45, 2.75) is 0 Å². The molecule has 0 aliphatic heterocycles. The van der Waals surface area contributed by atoms with Crippen LogP contribution in [0.25, 0.3) is 109 Å². The van der Waals surface area contributed by atoms with Gasteiger partial charge in [0.1, 0.15) is 11.2 Å². The Morgan fingerprint density at radius 3 is 1.41 bits per heavy atom. The third kappa shape index (κ3) is 4.16. The van der Waals surface area contributed by atoms with Gasteiger partial charge in [-0.3, -0.25) is 0 Å². The zero-order valence-electron chi connectivity index (χ0n) is 27.7. The molecule has 0 aliphatic rings. The summed E-state index contributed by atoms with van der Waals surface area (Å²) in [5.74, 6) is 0. The Bertz CT molecular complexity index is 3130. The molecule has 11 aromatic rings. The minimum Gasteiger partial charge on any atom is -0.455 e. The van der Waals surface area contributed by atoms with Gasteiger partial charge in [0, 0.05) is 16.2 Å². The lowest BCUT2D eigenvalue weighted by Crippen LogP contribution is -1.92. The maximum Gasteiger partial charge on any atom is 0.143 e. The van der Waals surface area contributed by atoms with E-state index >= 15 is 0 Å². The minimum absolute atomic E-state index is 0.912. The lowest BCUT2D eigenvalue weighted by atomic mass is 9.83. The third-order valence-electron chi connectivity index (χ3n) is 10.9. The molecule has 0 radical (unpaired) electrons. The molecule has 0 N–H and O–H groups in total. The van der Waals surface area contributed by atoms with Crippen molar-refractivity contribution in [2.24, 2.45) is 0 Å². The normalized spacial score (nSPS) is 11.9. The van der Waals surface area contributed by atoms with Crippen LogP contribution in [0.5, 0.6) is 0 Å². The van der Waals surface area contributed by atoms with E-state index in [-0.39, 0.29) is 0 Å². The van der Waals surface area contributed by atoms with E-state index in [0.29, 0.717) is 0 Å². The van der Waals surface area contributed by atoms with Gasteiger partial charge < -0.3 is 4.42 Å². The molecule has 1 heterocycles. The highest BCUT2D eigenvalue weighted by Gasteiger charge is 2.20. The van der Waals surface area contributed by atoms with Crippen LogP contribution in [-0.2, 0) is 0 Å². The third-order valence-corrected chi connectivity index (χ3v) is 10.9. The molecule has 1 aromatic heterocycles. The van der Waals surface area contributed by atoms with Crippen LogP contribution in [0.1, 0.15) is 0 Å². The number of hydrogen-bond donors (Lipinski definition) is 0. The molecule has 0 bridgehead atoms. The van der Waals surface area contributed by atoms with Crippen molar-refractivity contribution in [3.63, 3.8) is 0 Å². The first-order chi connectivity index (χ1) is 25.3. The topological polar surface area (TPSA) is 13.1 Å². The van der Waals surface area contributed by atoms with E-state index in [1.807, 2.05) is 0 Å². The zero-order chi connectivity index (χ0) is 33.5. The van der Waals surface area contributed by atoms with Gasteiger partial charge >= 0.3 is 0 Å². The second kappa shape index (κ2) is 10.9. The van der Waals surface area contributed by atoms with Gasteiger partial charge in [-0.25, -0.2) is 0 Å². The first-order valence-electron chi connectivity index (χ1n) is 17.6. The highest BCUT2D eigenvalue weighted by atomic mass is 16.3. The SMILES string of the molecule is c1ccc2c(-c3c4ccccc4c(-c4cccc5c(-c6ccc7oc8c9ccccc9ccc8c7c6)cccc45)c4ccccc34)cccc2c1. The standard InChI is InChI=1S/C50H30O/c1-3-15-34-31(12-1)14-9-24-39(34)48-41-17-5-7-19-43(41)49(44-20-8-6-18-42(44)48)40-25-11-22-37-35(21-10-23-38(37)40)33-27-29-47-46(30-33)45-28-26-32-13-2-4-16-36(32)50(45)51-47/h1-30H. The van der Waals surface area contributed by atoms with E-state index in [9.17, 15) is 0 Å². The molecule has 10 aromatic carbocycles. The fourth-order valence-corrected chi connectivity index (χ4v) is 8.60. The van der Waals surface area contributed by atoms with E-state index in [1.165, 1.54) is 81.9 Å². The molecule has 0 saturated heterocycles. The lowest BCUT2D eigenvalue weighted by molar-refractivity contribution is 0.672. The van der Waals surface area contributed by atoms with Crippen molar-refractivity contribution in [1.29, 1.82) is 0 Å². The van der Waals surface area contributed by atoms with E-state index in [2.05, 4.69) is 182 Å². The number of furan rings is 1. The molecular formula is C50H30O. The number of fused-ring (bicyclic) bond motifs is 9. The predicted octanol–water partition coefficient (Wildman–Crippen LogP) is 14.4. The van der Waals surface area contributed by atoms with E-state index in [4.69, 9.17) is 4.42 Å². The van der Waals surface area contributed by atoms with Crippen molar-refractivity contribution in [3.8, 4) is 33.4 Å². The molecule has 0 fully saturated rings. The Kier molecular flexibility index (Phi) is 6.02. The van der Waals surface area contributed by atoms with Crippen molar-refractivity contribution in [2.75, 3.05) is 0 Å². The van der Waals surface area contributed by atoms with Crippen LogP contribution in [0, 0.1) is 0 Å². The van der Waals surface area contributed by atoms with Crippen LogP contribution in [0.3, 0.4) is 0 Å². The number of benzene rings is 10. The van der Waals surface area contributed by atoms with Gasteiger partial charge in [0.25, 0.3) is 0 Å². The fourth-order valence-electron chi connectivity index (χ4n) is 8.60. The Morgan fingerprint density at radius 1 is 0.275 bits per heavy atom. The molecule has 0 aliphatic carbocycles. The molecule has 0 unspecified atom stereocenters. The van der Waals surface area contributed by atoms with Gasteiger partial charge in [-0.15, -0.1) is 0 Å². The smallest absolute Gasteiger partial charge is 0.143 e. The van der Waals surface area contributed by atoms with Crippen molar-refractivity contribution in [3.05, 3.63) is 182 Å². The summed E-state index contributed by atoms with van der Waals surface area (Å²) in [4.78, 5) is 0. The second-order valence-electron chi connectivity index (χ2n) is 13.6. The van der Waals surface area contributed by atoms with Crippen LogP contribution in [0.4, 0.5) is 0 Å². The summed E-state index contributed by atoms with van der Waals surface area (Å²) in [5, 5.41) is 14.7.